The van der Waals surface area contributed by atoms with E-state index in [1.54, 1.807) is 23.5 Å². The summed E-state index contributed by atoms with van der Waals surface area (Å²) in [7, 11) is 0. The first-order chi connectivity index (χ1) is 8.16. The van der Waals surface area contributed by atoms with E-state index in [1.807, 2.05) is 6.07 Å². The SMILES string of the molecule is Cc1cscc1CNCc1ccc(O)c(Cl)c1. The zero-order chi connectivity index (χ0) is 12.3. The Morgan fingerprint density at radius 2 is 2.12 bits per heavy atom. The summed E-state index contributed by atoms with van der Waals surface area (Å²) < 4.78 is 0. The van der Waals surface area contributed by atoms with Crippen molar-refractivity contribution in [3.05, 3.63) is 50.7 Å². The highest BCUT2D eigenvalue weighted by atomic mass is 35.5. The van der Waals surface area contributed by atoms with Crippen LogP contribution in [0.15, 0.2) is 29.0 Å². The molecule has 2 rings (SSSR count). The lowest BCUT2D eigenvalue weighted by molar-refractivity contribution is 0.475. The van der Waals surface area contributed by atoms with Crippen molar-refractivity contribution in [3.63, 3.8) is 0 Å². The Morgan fingerprint density at radius 1 is 1.29 bits per heavy atom. The molecule has 0 saturated carbocycles. The fourth-order valence-electron chi connectivity index (χ4n) is 1.57. The van der Waals surface area contributed by atoms with Gasteiger partial charge in [0, 0.05) is 13.1 Å². The molecular weight excluding hydrogens is 254 g/mol. The Hall–Kier alpha value is -1.03. The molecule has 0 unspecified atom stereocenters. The van der Waals surface area contributed by atoms with Gasteiger partial charge in [0.2, 0.25) is 0 Å². The number of phenols is 1. The van der Waals surface area contributed by atoms with Crippen LogP contribution >= 0.6 is 22.9 Å². The zero-order valence-corrected chi connectivity index (χ0v) is 11.1. The van der Waals surface area contributed by atoms with Gasteiger partial charge in [0.15, 0.2) is 0 Å². The zero-order valence-electron chi connectivity index (χ0n) is 9.53. The van der Waals surface area contributed by atoms with Crippen LogP contribution in [0.2, 0.25) is 5.02 Å². The van der Waals surface area contributed by atoms with Gasteiger partial charge in [-0.05, 0) is 46.5 Å². The smallest absolute Gasteiger partial charge is 0.134 e. The molecule has 1 aromatic carbocycles. The standard InChI is InChI=1S/C13H14ClNOS/c1-9-7-17-8-11(9)6-15-5-10-2-3-13(16)12(14)4-10/h2-4,7-8,15-16H,5-6H2,1H3. The van der Waals surface area contributed by atoms with Gasteiger partial charge in [0.25, 0.3) is 0 Å². The molecule has 90 valence electrons. The van der Waals surface area contributed by atoms with E-state index in [2.05, 4.69) is 23.0 Å². The maximum atomic E-state index is 9.30. The normalized spacial score (nSPS) is 10.7. The van der Waals surface area contributed by atoms with E-state index in [-0.39, 0.29) is 5.75 Å². The van der Waals surface area contributed by atoms with Gasteiger partial charge in [-0.2, -0.15) is 11.3 Å². The van der Waals surface area contributed by atoms with Crippen LogP contribution in [-0.2, 0) is 13.1 Å². The van der Waals surface area contributed by atoms with Crippen LogP contribution in [0.25, 0.3) is 0 Å². The van der Waals surface area contributed by atoms with Gasteiger partial charge in [-0.3, -0.25) is 0 Å². The fraction of sp³-hybridized carbons (Fsp3) is 0.231. The summed E-state index contributed by atoms with van der Waals surface area (Å²) in [5.74, 6) is 0.129. The van der Waals surface area contributed by atoms with Gasteiger partial charge in [-0.1, -0.05) is 17.7 Å². The van der Waals surface area contributed by atoms with E-state index >= 15 is 0 Å². The Bertz CT molecular complexity index is 510. The van der Waals surface area contributed by atoms with Crippen molar-refractivity contribution < 1.29 is 5.11 Å². The summed E-state index contributed by atoms with van der Waals surface area (Å²) in [4.78, 5) is 0. The van der Waals surface area contributed by atoms with E-state index in [4.69, 9.17) is 11.6 Å². The minimum Gasteiger partial charge on any atom is -0.506 e. The van der Waals surface area contributed by atoms with Crippen molar-refractivity contribution in [3.8, 4) is 5.75 Å². The highest BCUT2D eigenvalue weighted by molar-refractivity contribution is 7.08. The molecule has 0 saturated heterocycles. The molecule has 17 heavy (non-hydrogen) atoms. The lowest BCUT2D eigenvalue weighted by Gasteiger charge is -2.06. The first kappa shape index (κ1) is 12.4. The second-order valence-corrected chi connectivity index (χ2v) is 5.12. The van der Waals surface area contributed by atoms with Crippen LogP contribution in [0.5, 0.6) is 5.75 Å². The highest BCUT2D eigenvalue weighted by Crippen LogP contribution is 2.23. The second-order valence-electron chi connectivity index (χ2n) is 3.97. The van der Waals surface area contributed by atoms with Crippen molar-refractivity contribution >= 4 is 22.9 Å². The highest BCUT2D eigenvalue weighted by Gasteiger charge is 2.01. The van der Waals surface area contributed by atoms with Gasteiger partial charge >= 0.3 is 0 Å². The Morgan fingerprint density at radius 3 is 2.76 bits per heavy atom. The summed E-state index contributed by atoms with van der Waals surface area (Å²) in [5, 5.41) is 17.4. The Balaban J connectivity index is 1.90. The van der Waals surface area contributed by atoms with Crippen molar-refractivity contribution in [2.45, 2.75) is 20.0 Å². The summed E-state index contributed by atoms with van der Waals surface area (Å²) in [5.41, 5.74) is 3.73. The number of hydrogen-bond acceptors (Lipinski definition) is 3. The number of benzene rings is 1. The van der Waals surface area contributed by atoms with E-state index in [9.17, 15) is 5.11 Å². The maximum absolute atomic E-state index is 9.30. The number of aryl methyl sites for hydroxylation is 1. The molecule has 0 radical (unpaired) electrons. The molecule has 2 aromatic rings. The largest absolute Gasteiger partial charge is 0.506 e. The summed E-state index contributed by atoms with van der Waals surface area (Å²) in [6.45, 7) is 3.72. The first-order valence-electron chi connectivity index (χ1n) is 5.36. The number of halogens is 1. The molecule has 1 heterocycles. The van der Waals surface area contributed by atoms with E-state index in [0.717, 1.165) is 18.7 Å². The summed E-state index contributed by atoms with van der Waals surface area (Å²) in [6.07, 6.45) is 0. The van der Waals surface area contributed by atoms with E-state index < -0.39 is 0 Å². The van der Waals surface area contributed by atoms with Gasteiger partial charge in [-0.15, -0.1) is 0 Å². The molecule has 2 nitrogen and oxygen atoms in total. The van der Waals surface area contributed by atoms with Crippen LogP contribution in [0, 0.1) is 6.92 Å². The number of thiophene rings is 1. The van der Waals surface area contributed by atoms with Crippen molar-refractivity contribution in [2.24, 2.45) is 0 Å². The van der Waals surface area contributed by atoms with Crippen LogP contribution in [0.4, 0.5) is 0 Å². The second kappa shape index (κ2) is 5.54. The van der Waals surface area contributed by atoms with Crippen molar-refractivity contribution in [1.29, 1.82) is 0 Å². The van der Waals surface area contributed by atoms with Crippen molar-refractivity contribution in [2.75, 3.05) is 0 Å². The Labute approximate surface area is 110 Å². The minimum atomic E-state index is 0.129. The lowest BCUT2D eigenvalue weighted by Crippen LogP contribution is -2.12. The van der Waals surface area contributed by atoms with Gasteiger partial charge in [0.1, 0.15) is 5.75 Å². The van der Waals surface area contributed by atoms with Crippen molar-refractivity contribution in [1.82, 2.24) is 5.32 Å². The van der Waals surface area contributed by atoms with Gasteiger partial charge < -0.3 is 10.4 Å². The molecule has 0 spiro atoms. The molecule has 0 aliphatic carbocycles. The fourth-order valence-corrected chi connectivity index (χ4v) is 2.63. The summed E-state index contributed by atoms with van der Waals surface area (Å²) >= 11 is 7.56. The molecule has 0 atom stereocenters. The van der Waals surface area contributed by atoms with Crippen LogP contribution in [-0.4, -0.2) is 5.11 Å². The number of aromatic hydroxyl groups is 1. The third-order valence-electron chi connectivity index (χ3n) is 2.62. The number of hydrogen-bond donors (Lipinski definition) is 2. The Kier molecular flexibility index (Phi) is 4.05. The molecule has 1 aromatic heterocycles. The number of phenolic OH excluding ortho intramolecular Hbond substituents is 1. The minimum absolute atomic E-state index is 0.129. The average molecular weight is 268 g/mol. The molecule has 0 aliphatic rings. The average Bonchev–Trinajstić information content (AvgIpc) is 2.70. The van der Waals surface area contributed by atoms with Crippen LogP contribution in [0.1, 0.15) is 16.7 Å². The molecule has 0 fully saturated rings. The van der Waals surface area contributed by atoms with Crippen LogP contribution in [0.3, 0.4) is 0 Å². The first-order valence-corrected chi connectivity index (χ1v) is 6.68. The maximum Gasteiger partial charge on any atom is 0.134 e. The van der Waals surface area contributed by atoms with Crippen LogP contribution < -0.4 is 5.32 Å². The van der Waals surface area contributed by atoms with Gasteiger partial charge in [0.05, 0.1) is 5.02 Å². The van der Waals surface area contributed by atoms with E-state index in [0.29, 0.717) is 5.02 Å². The van der Waals surface area contributed by atoms with Gasteiger partial charge in [-0.25, -0.2) is 0 Å². The lowest BCUT2D eigenvalue weighted by atomic mass is 10.2. The quantitative estimate of drug-likeness (QED) is 0.885. The third-order valence-corrected chi connectivity index (χ3v) is 3.83. The predicted octanol–water partition coefficient (Wildman–Crippen LogP) is 3.71. The van der Waals surface area contributed by atoms with E-state index in [1.165, 1.54) is 11.1 Å². The predicted molar refractivity (Wildman–Crippen MR) is 72.7 cm³/mol. The molecule has 4 heteroatoms. The third kappa shape index (κ3) is 3.22. The topological polar surface area (TPSA) is 32.3 Å². The number of nitrogens with one attached hydrogen (secondary N) is 1. The molecular formula is C13H14ClNOS. The molecule has 0 aliphatic heterocycles. The monoisotopic (exact) mass is 267 g/mol. The summed E-state index contributed by atoms with van der Waals surface area (Å²) in [6, 6.07) is 5.27. The molecule has 0 amide bonds. The molecule has 0 bridgehead atoms. The molecule has 2 N–H and O–H groups in total. The number of rotatable bonds is 4.